The molecular weight excluding hydrogens is 338 g/mol. The average molecular weight is 355 g/mol. The Kier molecular flexibility index (Phi) is 6.05. The quantitative estimate of drug-likeness (QED) is 0.621. The van der Waals surface area contributed by atoms with Crippen LogP contribution in [0.3, 0.4) is 0 Å². The smallest absolute Gasteiger partial charge is 0.413 e. The molecule has 0 saturated heterocycles. The predicted octanol–water partition coefficient (Wildman–Crippen LogP) is 3.06. The molecule has 1 heterocycles. The van der Waals surface area contributed by atoms with Crippen molar-refractivity contribution >= 4 is 34.8 Å². The van der Waals surface area contributed by atoms with Crippen LogP contribution < -0.4 is 5.32 Å². The minimum Gasteiger partial charge on any atom is -0.481 e. The van der Waals surface area contributed by atoms with Gasteiger partial charge in [0.15, 0.2) is 5.78 Å². The van der Waals surface area contributed by atoms with Gasteiger partial charge in [-0.2, -0.15) is 0 Å². The summed E-state index contributed by atoms with van der Waals surface area (Å²) in [5.41, 5.74) is 2.48. The number of rotatable bonds is 3. The molecule has 0 bridgehead atoms. The molecule has 0 spiro atoms. The number of carbonyl (C=O) groups excluding carboxylic acids is 2. The van der Waals surface area contributed by atoms with Gasteiger partial charge in [0.05, 0.1) is 18.1 Å². The summed E-state index contributed by atoms with van der Waals surface area (Å²) in [6.07, 6.45) is -0.611. The standard InChI is InChI=1S/C16H13N3O3.C2H4O2/c1-22-16(21)19-15-17-12-8-7-11(9-13(12)18-15)14(20)10-5-3-2-4-6-10;1-2(3)4/h2-9H,1H3,(H2,17,18,19,21);1H3,(H,3,4). The first-order valence-electron chi connectivity index (χ1n) is 7.54. The number of nitrogens with zero attached hydrogens (tertiary/aromatic N) is 1. The summed E-state index contributed by atoms with van der Waals surface area (Å²) >= 11 is 0. The zero-order valence-electron chi connectivity index (χ0n) is 14.1. The van der Waals surface area contributed by atoms with Gasteiger partial charge >= 0.3 is 6.09 Å². The minimum atomic E-state index is -0.833. The van der Waals surface area contributed by atoms with Gasteiger partial charge in [-0.1, -0.05) is 30.3 Å². The van der Waals surface area contributed by atoms with Crippen LogP contribution in [0.25, 0.3) is 11.0 Å². The van der Waals surface area contributed by atoms with E-state index in [0.29, 0.717) is 22.2 Å². The van der Waals surface area contributed by atoms with Crippen molar-refractivity contribution in [3.63, 3.8) is 0 Å². The van der Waals surface area contributed by atoms with Gasteiger partial charge in [0.25, 0.3) is 5.97 Å². The number of aromatic nitrogens is 2. The first kappa shape index (κ1) is 18.7. The number of amides is 1. The van der Waals surface area contributed by atoms with Gasteiger partial charge in [0.2, 0.25) is 5.95 Å². The molecule has 8 heteroatoms. The number of H-pyrrole nitrogens is 1. The zero-order valence-corrected chi connectivity index (χ0v) is 14.1. The van der Waals surface area contributed by atoms with Crippen LogP contribution in [0.2, 0.25) is 0 Å². The highest BCUT2D eigenvalue weighted by Crippen LogP contribution is 2.18. The third kappa shape index (κ3) is 4.91. The number of hydrogen-bond donors (Lipinski definition) is 3. The molecule has 0 aliphatic heterocycles. The van der Waals surface area contributed by atoms with Crippen molar-refractivity contribution in [1.82, 2.24) is 9.97 Å². The number of anilines is 1. The molecule has 2 aromatic carbocycles. The molecule has 0 radical (unpaired) electrons. The number of hydrogen-bond acceptors (Lipinski definition) is 5. The second-order valence-corrected chi connectivity index (χ2v) is 5.15. The van der Waals surface area contributed by atoms with E-state index >= 15 is 0 Å². The van der Waals surface area contributed by atoms with Crippen LogP contribution in [0.5, 0.6) is 0 Å². The second kappa shape index (κ2) is 8.43. The maximum absolute atomic E-state index is 12.4. The molecule has 1 amide bonds. The van der Waals surface area contributed by atoms with Crippen LogP contribution in [0.4, 0.5) is 10.7 Å². The monoisotopic (exact) mass is 355 g/mol. The number of imidazole rings is 1. The van der Waals surface area contributed by atoms with Crippen molar-refractivity contribution in [3.8, 4) is 0 Å². The highest BCUT2D eigenvalue weighted by atomic mass is 16.5. The Bertz CT molecular complexity index is 930. The fourth-order valence-corrected chi connectivity index (χ4v) is 2.11. The Hall–Kier alpha value is -3.68. The molecule has 0 aliphatic rings. The molecule has 0 aliphatic carbocycles. The van der Waals surface area contributed by atoms with Crippen LogP contribution in [0.1, 0.15) is 22.8 Å². The first-order chi connectivity index (χ1) is 12.4. The number of methoxy groups -OCH3 is 1. The van der Waals surface area contributed by atoms with Crippen LogP contribution in [-0.4, -0.2) is 40.0 Å². The normalized spacial score (nSPS) is 9.77. The van der Waals surface area contributed by atoms with E-state index in [4.69, 9.17) is 9.90 Å². The molecule has 3 N–H and O–H groups in total. The highest BCUT2D eigenvalue weighted by Gasteiger charge is 2.12. The van der Waals surface area contributed by atoms with Crippen LogP contribution in [-0.2, 0) is 9.53 Å². The molecule has 8 nitrogen and oxygen atoms in total. The van der Waals surface area contributed by atoms with Crippen molar-refractivity contribution in [2.75, 3.05) is 12.4 Å². The SMILES string of the molecule is CC(=O)O.COC(=O)Nc1nc2ccc(C(=O)c3ccccc3)cc2[nH]1. The zero-order chi connectivity index (χ0) is 19.1. The lowest BCUT2D eigenvalue weighted by atomic mass is 10.0. The van der Waals surface area contributed by atoms with Gasteiger partial charge < -0.3 is 14.8 Å². The molecule has 3 rings (SSSR count). The average Bonchev–Trinajstić information content (AvgIpc) is 3.02. The lowest BCUT2D eigenvalue weighted by Crippen LogP contribution is -2.11. The van der Waals surface area contributed by atoms with E-state index in [1.807, 2.05) is 18.2 Å². The summed E-state index contributed by atoms with van der Waals surface area (Å²) in [6, 6.07) is 14.2. The summed E-state index contributed by atoms with van der Waals surface area (Å²) in [5.74, 6) is -0.634. The molecule has 0 atom stereocenters. The second-order valence-electron chi connectivity index (χ2n) is 5.15. The number of ether oxygens (including phenoxy) is 1. The number of benzene rings is 2. The van der Waals surface area contributed by atoms with Gasteiger partial charge in [-0.05, 0) is 18.2 Å². The van der Waals surface area contributed by atoms with Crippen molar-refractivity contribution in [2.45, 2.75) is 6.92 Å². The fraction of sp³-hybridized carbons (Fsp3) is 0.111. The number of aromatic amines is 1. The summed E-state index contributed by atoms with van der Waals surface area (Å²) in [5, 5.41) is 9.87. The van der Waals surface area contributed by atoms with E-state index in [2.05, 4.69) is 20.0 Å². The van der Waals surface area contributed by atoms with Gasteiger partial charge in [-0.15, -0.1) is 0 Å². The number of carboxylic acid groups (broad SMARTS) is 1. The highest BCUT2D eigenvalue weighted by molar-refractivity contribution is 6.10. The van der Waals surface area contributed by atoms with Gasteiger partial charge in [0, 0.05) is 18.1 Å². The summed E-state index contributed by atoms with van der Waals surface area (Å²) < 4.78 is 4.51. The molecule has 134 valence electrons. The van der Waals surface area contributed by atoms with Crippen molar-refractivity contribution in [3.05, 3.63) is 59.7 Å². The molecule has 26 heavy (non-hydrogen) atoms. The molecule has 1 aromatic heterocycles. The van der Waals surface area contributed by atoms with Crippen molar-refractivity contribution < 1.29 is 24.2 Å². The summed E-state index contributed by atoms with van der Waals surface area (Å²) in [7, 11) is 1.27. The van der Waals surface area contributed by atoms with Crippen LogP contribution >= 0.6 is 0 Å². The number of carboxylic acids is 1. The predicted molar refractivity (Wildman–Crippen MR) is 95.3 cm³/mol. The topological polar surface area (TPSA) is 121 Å². The molecule has 0 fully saturated rings. The minimum absolute atomic E-state index is 0.0698. The van der Waals surface area contributed by atoms with E-state index in [0.717, 1.165) is 6.92 Å². The van der Waals surface area contributed by atoms with E-state index in [1.54, 1.807) is 30.3 Å². The number of ketones is 1. The van der Waals surface area contributed by atoms with Crippen LogP contribution in [0.15, 0.2) is 48.5 Å². The van der Waals surface area contributed by atoms with E-state index in [1.165, 1.54) is 7.11 Å². The van der Waals surface area contributed by atoms with E-state index in [-0.39, 0.29) is 11.7 Å². The maximum Gasteiger partial charge on any atom is 0.413 e. The molecule has 0 unspecified atom stereocenters. The first-order valence-corrected chi connectivity index (χ1v) is 7.54. The Morgan fingerprint density at radius 2 is 1.73 bits per heavy atom. The lowest BCUT2D eigenvalue weighted by Gasteiger charge is -2.00. The van der Waals surface area contributed by atoms with Crippen molar-refractivity contribution in [2.24, 2.45) is 0 Å². The molecule has 3 aromatic rings. The number of carbonyl (C=O) groups is 3. The van der Waals surface area contributed by atoms with Crippen LogP contribution in [0, 0.1) is 0 Å². The van der Waals surface area contributed by atoms with Gasteiger partial charge in [-0.3, -0.25) is 14.9 Å². The Labute approximate surface area is 148 Å². The fourth-order valence-electron chi connectivity index (χ4n) is 2.11. The third-order valence-electron chi connectivity index (χ3n) is 3.19. The maximum atomic E-state index is 12.4. The number of fused-ring (bicyclic) bond motifs is 1. The lowest BCUT2D eigenvalue weighted by molar-refractivity contribution is -0.134. The summed E-state index contributed by atoms with van der Waals surface area (Å²) in [6.45, 7) is 1.08. The van der Waals surface area contributed by atoms with Gasteiger partial charge in [0.1, 0.15) is 0 Å². The Morgan fingerprint density at radius 3 is 2.35 bits per heavy atom. The van der Waals surface area contributed by atoms with E-state index in [9.17, 15) is 9.59 Å². The Morgan fingerprint density at radius 1 is 1.08 bits per heavy atom. The summed E-state index contributed by atoms with van der Waals surface area (Å²) in [4.78, 5) is 39.7. The molecular formula is C18H17N3O5. The van der Waals surface area contributed by atoms with E-state index < -0.39 is 12.1 Å². The third-order valence-corrected chi connectivity index (χ3v) is 3.19. The molecule has 0 saturated carbocycles. The van der Waals surface area contributed by atoms with Gasteiger partial charge in [-0.25, -0.2) is 9.78 Å². The van der Waals surface area contributed by atoms with Crippen molar-refractivity contribution in [1.29, 1.82) is 0 Å². The number of aliphatic carboxylic acids is 1. The Balaban J connectivity index is 0.000000552. The number of nitrogens with one attached hydrogen (secondary N) is 2. The largest absolute Gasteiger partial charge is 0.481 e.